The molecule has 1 aromatic heterocycles. The summed E-state index contributed by atoms with van der Waals surface area (Å²) in [7, 11) is 1.89. The van der Waals surface area contributed by atoms with Gasteiger partial charge in [-0.15, -0.1) is 0 Å². The van der Waals surface area contributed by atoms with Crippen LogP contribution in [0.15, 0.2) is 12.4 Å². The van der Waals surface area contributed by atoms with Crippen LogP contribution >= 0.6 is 0 Å². The lowest BCUT2D eigenvalue weighted by Gasteiger charge is -2.10. The van der Waals surface area contributed by atoms with Crippen LogP contribution in [0.3, 0.4) is 0 Å². The fourth-order valence-electron chi connectivity index (χ4n) is 1.83. The predicted octanol–water partition coefficient (Wildman–Crippen LogP) is 0.412. The zero-order valence-electron chi connectivity index (χ0n) is 7.82. The number of aromatic nitrogens is 2. The van der Waals surface area contributed by atoms with Gasteiger partial charge in [-0.2, -0.15) is 5.10 Å². The number of carbonyl (C=O) groups is 1. The van der Waals surface area contributed by atoms with E-state index in [9.17, 15) is 4.79 Å². The van der Waals surface area contributed by atoms with Gasteiger partial charge in [0, 0.05) is 31.6 Å². The summed E-state index contributed by atoms with van der Waals surface area (Å²) in [5.41, 5.74) is 1.15. The first-order valence-corrected chi connectivity index (χ1v) is 4.44. The van der Waals surface area contributed by atoms with Gasteiger partial charge in [-0.1, -0.05) is 0 Å². The Kier molecular flexibility index (Phi) is 1.83. The molecule has 0 bridgehead atoms. The molecule has 4 nitrogen and oxygen atoms in total. The van der Waals surface area contributed by atoms with Crippen LogP contribution in [0.4, 0.5) is 0 Å². The van der Waals surface area contributed by atoms with E-state index in [-0.39, 0.29) is 11.9 Å². The average molecular weight is 179 g/mol. The number of rotatable bonds is 1. The van der Waals surface area contributed by atoms with Gasteiger partial charge in [0.25, 0.3) is 0 Å². The summed E-state index contributed by atoms with van der Waals surface area (Å²) >= 11 is 0. The lowest BCUT2D eigenvalue weighted by molar-refractivity contribution is -0.119. The van der Waals surface area contributed by atoms with Crippen molar-refractivity contribution in [3.05, 3.63) is 18.0 Å². The summed E-state index contributed by atoms with van der Waals surface area (Å²) in [4.78, 5) is 11.1. The molecule has 1 N–H and O–H groups in total. The molecule has 4 heteroatoms. The molecule has 1 saturated heterocycles. The van der Waals surface area contributed by atoms with E-state index in [1.807, 2.05) is 26.4 Å². The van der Waals surface area contributed by atoms with Gasteiger partial charge < -0.3 is 5.32 Å². The van der Waals surface area contributed by atoms with Gasteiger partial charge in [0.05, 0.1) is 6.20 Å². The van der Waals surface area contributed by atoms with Crippen LogP contribution in [-0.2, 0) is 11.8 Å². The summed E-state index contributed by atoms with van der Waals surface area (Å²) in [6.07, 6.45) is 4.40. The first kappa shape index (κ1) is 8.29. The van der Waals surface area contributed by atoms with Crippen molar-refractivity contribution in [2.45, 2.75) is 25.3 Å². The van der Waals surface area contributed by atoms with Gasteiger partial charge in [-0.25, -0.2) is 0 Å². The van der Waals surface area contributed by atoms with Crippen LogP contribution in [0.2, 0.25) is 0 Å². The number of amides is 1. The van der Waals surface area contributed by atoms with E-state index in [2.05, 4.69) is 10.4 Å². The van der Waals surface area contributed by atoms with Crippen LogP contribution in [0.1, 0.15) is 24.8 Å². The van der Waals surface area contributed by atoms with Gasteiger partial charge in [-0.05, 0) is 12.5 Å². The van der Waals surface area contributed by atoms with E-state index in [1.165, 1.54) is 0 Å². The normalized spacial score (nSPS) is 27.7. The van der Waals surface area contributed by atoms with Crippen molar-refractivity contribution in [2.75, 3.05) is 0 Å². The highest BCUT2D eigenvalue weighted by Crippen LogP contribution is 2.27. The minimum atomic E-state index is 0.140. The predicted molar refractivity (Wildman–Crippen MR) is 48.2 cm³/mol. The van der Waals surface area contributed by atoms with E-state index >= 15 is 0 Å². The number of hydrogen-bond acceptors (Lipinski definition) is 2. The van der Waals surface area contributed by atoms with E-state index in [4.69, 9.17) is 0 Å². The molecule has 1 aliphatic heterocycles. The molecule has 2 rings (SSSR count). The smallest absolute Gasteiger partial charge is 0.220 e. The van der Waals surface area contributed by atoms with Crippen molar-refractivity contribution in [3.63, 3.8) is 0 Å². The van der Waals surface area contributed by atoms with E-state index in [1.54, 1.807) is 4.68 Å². The highest BCUT2D eigenvalue weighted by Gasteiger charge is 2.30. The van der Waals surface area contributed by atoms with E-state index in [0.29, 0.717) is 12.3 Å². The maximum Gasteiger partial charge on any atom is 0.220 e. The zero-order chi connectivity index (χ0) is 9.42. The Hall–Kier alpha value is -1.32. The molecule has 2 atom stereocenters. The highest BCUT2D eigenvalue weighted by molar-refractivity contribution is 5.80. The largest absolute Gasteiger partial charge is 0.353 e. The fourth-order valence-corrected chi connectivity index (χ4v) is 1.83. The Labute approximate surface area is 76.9 Å². The minimum absolute atomic E-state index is 0.140. The van der Waals surface area contributed by atoms with E-state index < -0.39 is 0 Å². The van der Waals surface area contributed by atoms with Crippen LogP contribution in [-0.4, -0.2) is 21.7 Å². The molecule has 0 radical (unpaired) electrons. The van der Waals surface area contributed by atoms with Gasteiger partial charge in [0.1, 0.15) is 0 Å². The Morgan fingerprint density at radius 3 is 2.92 bits per heavy atom. The molecule has 70 valence electrons. The van der Waals surface area contributed by atoms with Crippen molar-refractivity contribution in [3.8, 4) is 0 Å². The highest BCUT2D eigenvalue weighted by atomic mass is 16.1. The Bertz CT molecular complexity index is 331. The summed E-state index contributed by atoms with van der Waals surface area (Å²) in [5, 5.41) is 7.00. The summed E-state index contributed by atoms with van der Waals surface area (Å²) in [6.45, 7) is 2.03. The first-order valence-electron chi connectivity index (χ1n) is 4.44. The molecule has 1 aromatic rings. The molecule has 0 spiro atoms. The molecule has 2 heterocycles. The molecule has 0 aromatic carbocycles. The zero-order valence-corrected chi connectivity index (χ0v) is 7.82. The molecule has 2 unspecified atom stereocenters. The van der Waals surface area contributed by atoms with Crippen LogP contribution in [0, 0.1) is 0 Å². The summed E-state index contributed by atoms with van der Waals surface area (Å²) < 4.78 is 1.77. The van der Waals surface area contributed by atoms with Crippen molar-refractivity contribution in [1.29, 1.82) is 0 Å². The van der Waals surface area contributed by atoms with E-state index in [0.717, 1.165) is 5.56 Å². The van der Waals surface area contributed by atoms with Crippen LogP contribution in [0.5, 0.6) is 0 Å². The molecular formula is C9H13N3O. The van der Waals surface area contributed by atoms with Gasteiger partial charge in [0.15, 0.2) is 0 Å². The number of carbonyl (C=O) groups excluding carboxylic acids is 1. The van der Waals surface area contributed by atoms with Crippen LogP contribution in [0.25, 0.3) is 0 Å². The molecule has 13 heavy (non-hydrogen) atoms. The fraction of sp³-hybridized carbons (Fsp3) is 0.556. The Morgan fingerprint density at radius 2 is 2.46 bits per heavy atom. The second-order valence-corrected chi connectivity index (χ2v) is 3.61. The molecule has 0 saturated carbocycles. The van der Waals surface area contributed by atoms with Gasteiger partial charge in [-0.3, -0.25) is 9.48 Å². The van der Waals surface area contributed by atoms with Crippen molar-refractivity contribution < 1.29 is 4.79 Å². The Balaban J connectivity index is 2.22. The SMILES string of the molecule is CC1NC(=O)CC1c1cnn(C)c1. The number of hydrogen-bond donors (Lipinski definition) is 1. The molecular weight excluding hydrogens is 166 g/mol. The number of nitrogens with zero attached hydrogens (tertiary/aromatic N) is 2. The summed E-state index contributed by atoms with van der Waals surface area (Å²) in [6, 6.07) is 0.233. The van der Waals surface area contributed by atoms with Crippen molar-refractivity contribution in [1.82, 2.24) is 15.1 Å². The second-order valence-electron chi connectivity index (χ2n) is 3.61. The third-order valence-electron chi connectivity index (χ3n) is 2.55. The molecule has 1 aliphatic rings. The van der Waals surface area contributed by atoms with Gasteiger partial charge >= 0.3 is 0 Å². The van der Waals surface area contributed by atoms with Crippen molar-refractivity contribution in [2.24, 2.45) is 7.05 Å². The molecule has 1 fully saturated rings. The maximum atomic E-state index is 11.1. The van der Waals surface area contributed by atoms with Crippen molar-refractivity contribution >= 4 is 5.91 Å². The Morgan fingerprint density at radius 1 is 1.69 bits per heavy atom. The van der Waals surface area contributed by atoms with Crippen LogP contribution < -0.4 is 5.32 Å². The lowest BCUT2D eigenvalue weighted by Crippen LogP contribution is -2.24. The number of nitrogens with one attached hydrogen (secondary N) is 1. The topological polar surface area (TPSA) is 46.9 Å². The average Bonchev–Trinajstić information content (AvgIpc) is 2.58. The monoisotopic (exact) mass is 179 g/mol. The standard InChI is InChI=1S/C9H13N3O/c1-6-8(3-9(13)11-6)7-4-10-12(2)5-7/h4-6,8H,3H2,1-2H3,(H,11,13). The first-order chi connectivity index (χ1) is 6.16. The molecule has 1 amide bonds. The minimum Gasteiger partial charge on any atom is -0.353 e. The second kappa shape index (κ2) is 2.87. The quantitative estimate of drug-likeness (QED) is 0.678. The lowest BCUT2D eigenvalue weighted by atomic mass is 9.96. The summed E-state index contributed by atoms with van der Waals surface area (Å²) in [5.74, 6) is 0.433. The molecule has 0 aliphatic carbocycles. The third kappa shape index (κ3) is 1.43. The number of aryl methyl sites for hydroxylation is 1. The third-order valence-corrected chi connectivity index (χ3v) is 2.55. The van der Waals surface area contributed by atoms with Gasteiger partial charge in [0.2, 0.25) is 5.91 Å². The maximum absolute atomic E-state index is 11.1.